The van der Waals surface area contributed by atoms with Crippen molar-refractivity contribution in [3.8, 4) is 0 Å². The molecule has 0 aromatic heterocycles. The van der Waals surface area contributed by atoms with Crippen LogP contribution < -0.4 is 22.1 Å². The second kappa shape index (κ2) is 12.4. The SMILES string of the molecule is CC(C)(C)NC(=O)OCCC(N)(CN)CCOC(=O)NC(C)(C)C.Cl.Cl. The van der Waals surface area contributed by atoms with Gasteiger partial charge in [-0.2, -0.15) is 0 Å². The summed E-state index contributed by atoms with van der Waals surface area (Å²) in [5.41, 5.74) is 10.4. The molecule has 0 aliphatic heterocycles. The fourth-order valence-electron chi connectivity index (χ4n) is 1.71. The lowest BCUT2D eigenvalue weighted by molar-refractivity contribution is 0.113. The smallest absolute Gasteiger partial charge is 0.407 e. The van der Waals surface area contributed by atoms with Crippen molar-refractivity contribution in [2.75, 3.05) is 19.8 Å². The number of amides is 2. The summed E-state index contributed by atoms with van der Waals surface area (Å²) in [6.07, 6.45) is -0.235. The van der Waals surface area contributed by atoms with Gasteiger partial charge in [0.1, 0.15) is 0 Å². The van der Waals surface area contributed by atoms with Crippen molar-refractivity contribution in [1.29, 1.82) is 0 Å². The molecule has 158 valence electrons. The average molecular weight is 419 g/mol. The Morgan fingerprint density at radius 3 is 1.35 bits per heavy atom. The minimum atomic E-state index is -0.760. The largest absolute Gasteiger partial charge is 0.449 e. The minimum absolute atomic E-state index is 0. The van der Waals surface area contributed by atoms with E-state index in [-0.39, 0.29) is 55.7 Å². The molecule has 0 aliphatic carbocycles. The Kier molecular flexibility index (Phi) is 14.2. The molecule has 0 aliphatic rings. The molecule has 0 unspecified atom stereocenters. The van der Waals surface area contributed by atoms with Crippen molar-refractivity contribution >= 4 is 37.0 Å². The third-order valence-corrected chi connectivity index (χ3v) is 3.03. The van der Waals surface area contributed by atoms with Crippen molar-refractivity contribution in [1.82, 2.24) is 10.6 Å². The lowest BCUT2D eigenvalue weighted by Crippen LogP contribution is -2.50. The molecule has 0 aromatic rings. The van der Waals surface area contributed by atoms with Gasteiger partial charge in [0.2, 0.25) is 0 Å². The molecule has 0 atom stereocenters. The fraction of sp³-hybridized carbons (Fsp3) is 0.875. The lowest BCUT2D eigenvalue weighted by Gasteiger charge is -2.28. The van der Waals surface area contributed by atoms with Gasteiger partial charge in [-0.05, 0) is 41.5 Å². The van der Waals surface area contributed by atoms with E-state index in [9.17, 15) is 9.59 Å². The highest BCUT2D eigenvalue weighted by atomic mass is 35.5. The molecule has 26 heavy (non-hydrogen) atoms. The third kappa shape index (κ3) is 16.5. The molecule has 0 saturated carbocycles. The number of nitrogens with two attached hydrogens (primary N) is 2. The molecular weight excluding hydrogens is 383 g/mol. The molecule has 2 amide bonds. The normalized spacial score (nSPS) is 11.5. The van der Waals surface area contributed by atoms with Crippen molar-refractivity contribution in [2.45, 2.75) is 71.0 Å². The first-order valence-electron chi connectivity index (χ1n) is 8.15. The van der Waals surface area contributed by atoms with E-state index < -0.39 is 17.7 Å². The third-order valence-electron chi connectivity index (χ3n) is 3.03. The Labute approximate surface area is 169 Å². The van der Waals surface area contributed by atoms with E-state index >= 15 is 0 Å². The lowest BCUT2D eigenvalue weighted by atomic mass is 9.93. The zero-order chi connectivity index (χ0) is 19.0. The maximum Gasteiger partial charge on any atom is 0.407 e. The molecule has 0 fully saturated rings. The molecule has 0 rings (SSSR count). The fourth-order valence-corrected chi connectivity index (χ4v) is 1.71. The molecule has 0 radical (unpaired) electrons. The summed E-state index contributed by atoms with van der Waals surface area (Å²) in [5.74, 6) is 0. The maximum absolute atomic E-state index is 11.6. The maximum atomic E-state index is 11.6. The molecule has 6 N–H and O–H groups in total. The zero-order valence-corrected chi connectivity index (χ0v) is 18.3. The predicted octanol–water partition coefficient (Wildman–Crippen LogP) is 2.32. The van der Waals surface area contributed by atoms with Crippen LogP contribution in [0.2, 0.25) is 0 Å². The predicted molar refractivity (Wildman–Crippen MR) is 108 cm³/mol. The topological polar surface area (TPSA) is 129 Å². The van der Waals surface area contributed by atoms with Crippen molar-refractivity contribution in [3.05, 3.63) is 0 Å². The first-order valence-corrected chi connectivity index (χ1v) is 8.15. The monoisotopic (exact) mass is 418 g/mol. The van der Waals surface area contributed by atoms with Gasteiger partial charge in [0.05, 0.1) is 13.2 Å². The van der Waals surface area contributed by atoms with E-state index in [0.29, 0.717) is 12.8 Å². The number of carbonyl (C=O) groups excluding carboxylic acids is 2. The molecule has 0 saturated heterocycles. The van der Waals surface area contributed by atoms with Gasteiger partial charge in [-0.1, -0.05) is 0 Å². The van der Waals surface area contributed by atoms with E-state index in [1.807, 2.05) is 41.5 Å². The number of halogens is 2. The molecule has 0 spiro atoms. The number of hydrogen-bond donors (Lipinski definition) is 4. The molecule has 10 heteroatoms. The Hall–Kier alpha value is -0.960. The number of hydrogen-bond acceptors (Lipinski definition) is 6. The highest BCUT2D eigenvalue weighted by Crippen LogP contribution is 2.12. The highest BCUT2D eigenvalue weighted by molar-refractivity contribution is 5.85. The molecule has 0 heterocycles. The molecular formula is C16H36Cl2N4O4. The Morgan fingerprint density at radius 1 is 0.808 bits per heavy atom. The van der Waals surface area contributed by atoms with Crippen LogP contribution in [0.15, 0.2) is 0 Å². The summed E-state index contributed by atoms with van der Waals surface area (Å²) < 4.78 is 10.2. The first kappa shape index (κ1) is 29.8. The van der Waals surface area contributed by atoms with Crippen LogP contribution in [0, 0.1) is 0 Å². The van der Waals surface area contributed by atoms with Gasteiger partial charge in [-0.15, -0.1) is 24.8 Å². The minimum Gasteiger partial charge on any atom is -0.449 e. The van der Waals surface area contributed by atoms with Crippen molar-refractivity contribution in [3.63, 3.8) is 0 Å². The van der Waals surface area contributed by atoms with Gasteiger partial charge in [0, 0.05) is 36.0 Å². The van der Waals surface area contributed by atoms with Crippen molar-refractivity contribution < 1.29 is 19.1 Å². The molecule has 0 aromatic carbocycles. The van der Waals surface area contributed by atoms with Crippen LogP contribution in [0.25, 0.3) is 0 Å². The van der Waals surface area contributed by atoms with E-state index in [1.165, 1.54) is 0 Å². The van der Waals surface area contributed by atoms with Crippen LogP contribution in [-0.2, 0) is 9.47 Å². The van der Waals surface area contributed by atoms with Crippen LogP contribution in [0.3, 0.4) is 0 Å². The van der Waals surface area contributed by atoms with Crippen LogP contribution in [0.4, 0.5) is 9.59 Å². The van der Waals surface area contributed by atoms with E-state index in [4.69, 9.17) is 20.9 Å². The summed E-state index contributed by atoms with van der Waals surface area (Å²) in [4.78, 5) is 23.2. The molecule has 8 nitrogen and oxygen atoms in total. The van der Waals surface area contributed by atoms with Crippen LogP contribution in [-0.4, -0.2) is 48.6 Å². The summed E-state index contributed by atoms with van der Waals surface area (Å²) >= 11 is 0. The van der Waals surface area contributed by atoms with Gasteiger partial charge in [-0.3, -0.25) is 0 Å². The quantitative estimate of drug-likeness (QED) is 0.501. The zero-order valence-electron chi connectivity index (χ0n) is 16.6. The summed E-state index contributed by atoms with van der Waals surface area (Å²) in [6.45, 7) is 11.7. The van der Waals surface area contributed by atoms with Gasteiger partial charge in [-0.25, -0.2) is 9.59 Å². The number of ether oxygens (including phenoxy) is 2. The Bertz CT molecular complexity index is 389. The van der Waals surface area contributed by atoms with Gasteiger partial charge in [0.25, 0.3) is 0 Å². The summed E-state index contributed by atoms with van der Waals surface area (Å²) in [6, 6.07) is 0. The van der Waals surface area contributed by atoms with E-state index in [2.05, 4.69) is 10.6 Å². The molecule has 0 bridgehead atoms. The van der Waals surface area contributed by atoms with Gasteiger partial charge in [0.15, 0.2) is 0 Å². The Balaban J connectivity index is -0.00000264. The van der Waals surface area contributed by atoms with Crippen LogP contribution in [0.1, 0.15) is 54.4 Å². The van der Waals surface area contributed by atoms with E-state index in [0.717, 1.165) is 0 Å². The number of alkyl carbamates (subject to hydrolysis) is 2. The van der Waals surface area contributed by atoms with Gasteiger partial charge < -0.3 is 31.6 Å². The van der Waals surface area contributed by atoms with Crippen molar-refractivity contribution in [2.24, 2.45) is 11.5 Å². The van der Waals surface area contributed by atoms with Crippen LogP contribution >= 0.6 is 24.8 Å². The standard InChI is InChI=1S/C16H34N4O4.2ClH/c1-14(2,3)19-12(21)23-9-7-16(18,11-17)8-10-24-13(22)20-15(4,5)6;;/h7-11,17-18H2,1-6H3,(H,19,21)(H,20,22);2*1H. The first-order chi connectivity index (χ1) is 10.8. The van der Waals surface area contributed by atoms with Crippen LogP contribution in [0.5, 0.6) is 0 Å². The number of rotatable bonds is 7. The van der Waals surface area contributed by atoms with E-state index in [1.54, 1.807) is 0 Å². The number of carbonyl (C=O) groups is 2. The van der Waals surface area contributed by atoms with Gasteiger partial charge >= 0.3 is 12.2 Å². The summed E-state index contributed by atoms with van der Waals surface area (Å²) in [5, 5.41) is 5.38. The Morgan fingerprint density at radius 2 is 1.12 bits per heavy atom. The average Bonchev–Trinajstić information content (AvgIpc) is 2.34. The second-order valence-corrected chi connectivity index (χ2v) is 8.09. The highest BCUT2D eigenvalue weighted by Gasteiger charge is 2.25. The second-order valence-electron chi connectivity index (χ2n) is 8.09. The summed E-state index contributed by atoms with van der Waals surface area (Å²) in [7, 11) is 0. The number of nitrogens with one attached hydrogen (secondary N) is 2.